The van der Waals surface area contributed by atoms with Crippen LogP contribution >= 0.6 is 0 Å². The summed E-state index contributed by atoms with van der Waals surface area (Å²) in [5.74, 6) is 0.740. The van der Waals surface area contributed by atoms with Crippen molar-refractivity contribution in [3.8, 4) is 0 Å². The third kappa shape index (κ3) is 4.68. The molecule has 4 rings (SSSR count). The van der Waals surface area contributed by atoms with Gasteiger partial charge in [0.2, 0.25) is 0 Å². The first kappa shape index (κ1) is 20.8. The second kappa shape index (κ2) is 9.16. The van der Waals surface area contributed by atoms with Gasteiger partial charge >= 0.3 is 0 Å². The van der Waals surface area contributed by atoms with Crippen LogP contribution in [-0.2, 0) is 13.5 Å². The summed E-state index contributed by atoms with van der Waals surface area (Å²) in [4.78, 5) is 19.8. The molecule has 2 aromatic carbocycles. The Balaban J connectivity index is 1.63. The molecule has 1 aliphatic rings. The van der Waals surface area contributed by atoms with E-state index in [0.717, 1.165) is 18.5 Å². The van der Waals surface area contributed by atoms with E-state index in [-0.39, 0.29) is 17.7 Å². The van der Waals surface area contributed by atoms with E-state index in [1.54, 1.807) is 24.0 Å². The number of carbonyl (C=O) groups is 1. The first-order valence-electron chi connectivity index (χ1n) is 10.8. The van der Waals surface area contributed by atoms with Gasteiger partial charge in [-0.2, -0.15) is 5.10 Å². The lowest BCUT2D eigenvalue weighted by atomic mass is 9.83. The minimum Gasteiger partial charge on any atom is -0.387 e. The van der Waals surface area contributed by atoms with E-state index in [9.17, 15) is 4.79 Å². The molecule has 1 aliphatic heterocycles. The number of rotatable bonds is 5. The lowest BCUT2D eigenvalue weighted by Crippen LogP contribution is -2.47. The molecule has 2 unspecified atom stereocenters. The summed E-state index contributed by atoms with van der Waals surface area (Å²) >= 11 is 0. The van der Waals surface area contributed by atoms with Gasteiger partial charge in [-0.1, -0.05) is 49.4 Å². The lowest BCUT2D eigenvalue weighted by Gasteiger charge is -2.38. The Morgan fingerprint density at radius 2 is 1.84 bits per heavy atom. The van der Waals surface area contributed by atoms with Crippen molar-refractivity contribution in [2.45, 2.75) is 25.7 Å². The van der Waals surface area contributed by atoms with Crippen LogP contribution in [0.2, 0.25) is 0 Å². The van der Waals surface area contributed by atoms with E-state index in [2.05, 4.69) is 41.3 Å². The Kier molecular flexibility index (Phi) is 6.16. The smallest absolute Gasteiger partial charge is 0.272 e. The van der Waals surface area contributed by atoms with E-state index >= 15 is 0 Å². The second-order valence-electron chi connectivity index (χ2n) is 8.15. The number of hydrogen-bond acceptors (Lipinski definition) is 3. The van der Waals surface area contributed by atoms with Crippen LogP contribution in [0.15, 0.2) is 71.9 Å². The van der Waals surface area contributed by atoms with E-state index in [0.29, 0.717) is 24.6 Å². The Hall–Kier alpha value is -3.41. The maximum absolute atomic E-state index is 13.3. The summed E-state index contributed by atoms with van der Waals surface area (Å²) in [6, 6.07) is 20.2. The van der Waals surface area contributed by atoms with Crippen LogP contribution in [0.5, 0.6) is 0 Å². The van der Waals surface area contributed by atoms with Crippen LogP contribution < -0.4 is 5.73 Å². The number of amidine groups is 1. The molecule has 1 amide bonds. The Morgan fingerprint density at radius 1 is 1.10 bits per heavy atom. The number of aryl methyl sites for hydroxylation is 2. The molecule has 2 atom stereocenters. The van der Waals surface area contributed by atoms with Crippen LogP contribution in [0.4, 0.5) is 5.69 Å². The van der Waals surface area contributed by atoms with Crippen LogP contribution in [-0.4, -0.2) is 39.5 Å². The molecule has 6 heteroatoms. The number of para-hydroxylation sites is 1. The van der Waals surface area contributed by atoms with Crippen molar-refractivity contribution in [1.29, 1.82) is 0 Å². The summed E-state index contributed by atoms with van der Waals surface area (Å²) in [6.45, 7) is 3.36. The predicted octanol–water partition coefficient (Wildman–Crippen LogP) is 3.92. The number of amides is 1. The number of benzene rings is 2. The molecule has 0 saturated carbocycles. The molecule has 2 N–H and O–H groups in total. The fourth-order valence-corrected chi connectivity index (χ4v) is 4.23. The van der Waals surface area contributed by atoms with E-state index < -0.39 is 0 Å². The van der Waals surface area contributed by atoms with Crippen molar-refractivity contribution in [1.82, 2.24) is 14.7 Å². The summed E-state index contributed by atoms with van der Waals surface area (Å²) in [5.41, 5.74) is 10.4. The van der Waals surface area contributed by atoms with Crippen LogP contribution in [0.3, 0.4) is 0 Å². The van der Waals surface area contributed by atoms with Gasteiger partial charge < -0.3 is 10.6 Å². The molecule has 31 heavy (non-hydrogen) atoms. The number of nitrogens with zero attached hydrogens (tertiary/aromatic N) is 4. The summed E-state index contributed by atoms with van der Waals surface area (Å²) in [5, 5.41) is 4.16. The van der Waals surface area contributed by atoms with Gasteiger partial charge in [0.25, 0.3) is 5.91 Å². The summed E-state index contributed by atoms with van der Waals surface area (Å²) < 4.78 is 1.62. The van der Waals surface area contributed by atoms with E-state index in [1.165, 1.54) is 11.1 Å². The molecule has 1 fully saturated rings. The van der Waals surface area contributed by atoms with Crippen molar-refractivity contribution >= 4 is 17.4 Å². The largest absolute Gasteiger partial charge is 0.387 e. The molecule has 160 valence electrons. The number of aromatic nitrogens is 2. The number of carbonyl (C=O) groups excluding carboxylic acids is 1. The third-order valence-corrected chi connectivity index (χ3v) is 6.07. The number of hydrogen-bond donors (Lipinski definition) is 1. The molecule has 0 spiro atoms. The fourth-order valence-electron chi connectivity index (χ4n) is 4.23. The zero-order valence-electron chi connectivity index (χ0n) is 18.1. The summed E-state index contributed by atoms with van der Waals surface area (Å²) in [7, 11) is 1.79. The number of likely N-dealkylation sites (tertiary alicyclic amines) is 1. The van der Waals surface area contributed by atoms with Gasteiger partial charge in [-0.25, -0.2) is 4.99 Å². The fraction of sp³-hybridized carbons (Fsp3) is 0.320. The third-order valence-electron chi connectivity index (χ3n) is 6.07. The van der Waals surface area contributed by atoms with Crippen LogP contribution in [0, 0.1) is 5.92 Å². The Bertz CT molecular complexity index is 1060. The van der Waals surface area contributed by atoms with Gasteiger partial charge in [0.1, 0.15) is 11.5 Å². The standard InChI is InChI=1S/C25H29N5O/c1-3-18-9-11-19(12-10-18)20-15-21(24(26)28-22-7-5-4-6-8-22)17-30(16-20)25(31)23-13-14-27-29(23)2/h4-14,20-21H,3,15-17H2,1-2H3,(H2,26,28). The zero-order valence-corrected chi connectivity index (χ0v) is 18.1. The molecular weight excluding hydrogens is 386 g/mol. The molecule has 0 bridgehead atoms. The average molecular weight is 416 g/mol. The Morgan fingerprint density at radius 3 is 2.48 bits per heavy atom. The van der Waals surface area contributed by atoms with Crippen LogP contribution in [0.1, 0.15) is 40.9 Å². The quantitative estimate of drug-likeness (QED) is 0.507. The van der Waals surface area contributed by atoms with Crippen molar-refractivity contribution in [3.05, 3.63) is 83.7 Å². The number of nitrogens with two attached hydrogens (primary N) is 1. The molecular formula is C25H29N5O. The van der Waals surface area contributed by atoms with Gasteiger partial charge in [-0.3, -0.25) is 9.48 Å². The molecule has 0 radical (unpaired) electrons. The second-order valence-corrected chi connectivity index (χ2v) is 8.15. The molecule has 0 aliphatic carbocycles. The van der Waals surface area contributed by atoms with Gasteiger partial charge in [0.05, 0.1) is 5.69 Å². The van der Waals surface area contributed by atoms with E-state index in [4.69, 9.17) is 5.73 Å². The SMILES string of the molecule is CCc1ccc(C2CC(C(N)=Nc3ccccc3)CN(C(=O)c3ccnn3C)C2)cc1. The highest BCUT2D eigenvalue weighted by atomic mass is 16.2. The normalized spacial score (nSPS) is 19.4. The highest BCUT2D eigenvalue weighted by molar-refractivity contribution is 5.93. The minimum atomic E-state index is -0.0209. The number of aliphatic imine (C=N–C) groups is 1. The first-order valence-corrected chi connectivity index (χ1v) is 10.8. The molecule has 1 saturated heterocycles. The summed E-state index contributed by atoms with van der Waals surface area (Å²) in [6.07, 6.45) is 3.53. The predicted molar refractivity (Wildman–Crippen MR) is 124 cm³/mol. The lowest BCUT2D eigenvalue weighted by molar-refractivity contribution is 0.0670. The van der Waals surface area contributed by atoms with Gasteiger partial charge in [-0.05, 0) is 42.2 Å². The average Bonchev–Trinajstić information content (AvgIpc) is 3.24. The molecule has 1 aromatic heterocycles. The topological polar surface area (TPSA) is 76.5 Å². The molecule has 6 nitrogen and oxygen atoms in total. The van der Waals surface area contributed by atoms with Gasteiger partial charge in [0.15, 0.2) is 0 Å². The zero-order chi connectivity index (χ0) is 21.8. The van der Waals surface area contributed by atoms with Gasteiger partial charge in [0, 0.05) is 38.2 Å². The van der Waals surface area contributed by atoms with E-state index in [1.807, 2.05) is 35.2 Å². The Labute approximate surface area is 183 Å². The van der Waals surface area contributed by atoms with Crippen molar-refractivity contribution in [2.24, 2.45) is 23.7 Å². The van der Waals surface area contributed by atoms with Crippen molar-refractivity contribution < 1.29 is 4.79 Å². The van der Waals surface area contributed by atoms with Crippen molar-refractivity contribution in [2.75, 3.05) is 13.1 Å². The highest BCUT2D eigenvalue weighted by Crippen LogP contribution is 2.32. The van der Waals surface area contributed by atoms with Crippen molar-refractivity contribution in [3.63, 3.8) is 0 Å². The molecule has 3 aromatic rings. The van der Waals surface area contributed by atoms with Crippen LogP contribution in [0.25, 0.3) is 0 Å². The maximum atomic E-state index is 13.3. The maximum Gasteiger partial charge on any atom is 0.272 e. The number of piperidine rings is 1. The molecule has 2 heterocycles. The minimum absolute atomic E-state index is 0.0121. The first-order chi connectivity index (χ1) is 15.0. The van der Waals surface area contributed by atoms with Gasteiger partial charge in [-0.15, -0.1) is 0 Å². The monoisotopic (exact) mass is 415 g/mol. The highest BCUT2D eigenvalue weighted by Gasteiger charge is 2.34.